The first-order chi connectivity index (χ1) is 8.12. The van der Waals surface area contributed by atoms with Crippen LogP contribution < -0.4 is 5.32 Å². The van der Waals surface area contributed by atoms with Crippen molar-refractivity contribution < 1.29 is 0 Å². The number of aromatic nitrogens is 1. The summed E-state index contributed by atoms with van der Waals surface area (Å²) in [6, 6.07) is 0.654. The maximum absolute atomic E-state index is 4.17. The van der Waals surface area contributed by atoms with E-state index < -0.39 is 0 Å². The Hall–Kier alpha value is -0.450. The van der Waals surface area contributed by atoms with Gasteiger partial charge in [-0.1, -0.05) is 13.3 Å². The van der Waals surface area contributed by atoms with Gasteiger partial charge in [0.05, 0.1) is 5.51 Å². The number of piperazine rings is 1. The van der Waals surface area contributed by atoms with Crippen LogP contribution in [0.15, 0.2) is 11.7 Å². The third-order valence-corrected chi connectivity index (χ3v) is 4.35. The molecule has 0 radical (unpaired) electrons. The molecule has 0 aromatic carbocycles. The van der Waals surface area contributed by atoms with Gasteiger partial charge in [0.15, 0.2) is 0 Å². The Labute approximate surface area is 108 Å². The quantitative estimate of drug-likeness (QED) is 0.893. The van der Waals surface area contributed by atoms with Gasteiger partial charge in [0.2, 0.25) is 0 Å². The van der Waals surface area contributed by atoms with Gasteiger partial charge in [-0.2, -0.15) is 0 Å². The molecule has 0 bridgehead atoms. The Morgan fingerprint density at radius 3 is 3.06 bits per heavy atom. The molecule has 0 saturated carbocycles. The van der Waals surface area contributed by atoms with Crippen molar-refractivity contribution in [1.29, 1.82) is 0 Å². The molecule has 96 valence electrons. The van der Waals surface area contributed by atoms with E-state index in [1.165, 1.54) is 17.7 Å². The molecule has 3 nitrogen and oxygen atoms in total. The molecule has 1 aromatic rings. The minimum atomic E-state index is 0.244. The molecule has 4 heteroatoms. The van der Waals surface area contributed by atoms with Crippen LogP contribution in [0.2, 0.25) is 0 Å². The fraction of sp³-hybridized carbons (Fsp3) is 0.769. The topological polar surface area (TPSA) is 28.2 Å². The number of rotatable bonds is 4. The highest BCUT2D eigenvalue weighted by atomic mass is 32.1. The summed E-state index contributed by atoms with van der Waals surface area (Å²) in [6.45, 7) is 10.2. The molecule has 17 heavy (non-hydrogen) atoms. The van der Waals surface area contributed by atoms with Crippen molar-refractivity contribution in [3.8, 4) is 0 Å². The van der Waals surface area contributed by atoms with Crippen molar-refractivity contribution >= 4 is 11.3 Å². The zero-order valence-electron chi connectivity index (χ0n) is 11.1. The standard InChI is InChI=1S/C13H23N3S/c1-4-5-11-7-16(13(2,3)9-15-11)8-12-6-14-10-17-12/h6,10-11,15H,4-5,7-9H2,1-3H3. The van der Waals surface area contributed by atoms with Crippen LogP contribution in [0.3, 0.4) is 0 Å². The average Bonchev–Trinajstić information content (AvgIpc) is 2.76. The summed E-state index contributed by atoms with van der Waals surface area (Å²) in [6.07, 6.45) is 4.53. The van der Waals surface area contributed by atoms with Crippen molar-refractivity contribution in [2.75, 3.05) is 13.1 Å². The number of thiazole rings is 1. The molecular weight excluding hydrogens is 230 g/mol. The van der Waals surface area contributed by atoms with Crippen LogP contribution in [0.4, 0.5) is 0 Å². The van der Waals surface area contributed by atoms with Crippen molar-refractivity contribution in [2.24, 2.45) is 0 Å². The minimum Gasteiger partial charge on any atom is -0.311 e. The second kappa shape index (κ2) is 5.46. The summed E-state index contributed by atoms with van der Waals surface area (Å²) in [5.41, 5.74) is 2.17. The lowest BCUT2D eigenvalue weighted by Crippen LogP contribution is -2.61. The molecule has 1 fully saturated rings. The highest BCUT2D eigenvalue weighted by Crippen LogP contribution is 2.23. The Balaban J connectivity index is 2.00. The number of nitrogens with zero attached hydrogens (tertiary/aromatic N) is 2. The van der Waals surface area contributed by atoms with E-state index in [1.54, 1.807) is 11.3 Å². The third kappa shape index (κ3) is 3.27. The van der Waals surface area contributed by atoms with Gasteiger partial charge in [0.1, 0.15) is 0 Å². The fourth-order valence-corrected chi connectivity index (χ4v) is 3.02. The van der Waals surface area contributed by atoms with Gasteiger partial charge in [-0.25, -0.2) is 0 Å². The highest BCUT2D eigenvalue weighted by Gasteiger charge is 2.33. The van der Waals surface area contributed by atoms with Gasteiger partial charge in [0, 0.05) is 42.3 Å². The molecule has 1 saturated heterocycles. The van der Waals surface area contributed by atoms with Crippen LogP contribution >= 0.6 is 11.3 Å². The number of hydrogen-bond acceptors (Lipinski definition) is 4. The lowest BCUT2D eigenvalue weighted by Gasteiger charge is -2.46. The Bertz CT molecular complexity index is 334. The minimum absolute atomic E-state index is 0.244. The fourth-order valence-electron chi connectivity index (χ4n) is 2.41. The zero-order chi connectivity index (χ0) is 12.3. The molecule has 1 aromatic heterocycles. The molecule has 0 amide bonds. The lowest BCUT2D eigenvalue weighted by molar-refractivity contribution is 0.0573. The van der Waals surface area contributed by atoms with Crippen molar-refractivity contribution in [1.82, 2.24) is 15.2 Å². The summed E-state index contributed by atoms with van der Waals surface area (Å²) in [4.78, 5) is 8.13. The summed E-state index contributed by atoms with van der Waals surface area (Å²) >= 11 is 1.76. The predicted molar refractivity (Wildman–Crippen MR) is 73.3 cm³/mol. The molecule has 1 unspecified atom stereocenters. The van der Waals surface area contributed by atoms with E-state index in [0.717, 1.165) is 19.6 Å². The summed E-state index contributed by atoms with van der Waals surface area (Å²) in [5.74, 6) is 0. The predicted octanol–water partition coefficient (Wildman–Crippen LogP) is 2.50. The maximum Gasteiger partial charge on any atom is 0.0794 e. The van der Waals surface area contributed by atoms with Crippen LogP contribution in [0, 0.1) is 0 Å². The first-order valence-corrected chi connectivity index (χ1v) is 7.35. The molecule has 1 aliphatic rings. The Morgan fingerprint density at radius 1 is 1.59 bits per heavy atom. The molecular formula is C13H23N3S. The Morgan fingerprint density at radius 2 is 2.41 bits per heavy atom. The lowest BCUT2D eigenvalue weighted by atomic mass is 9.96. The van der Waals surface area contributed by atoms with Crippen molar-refractivity contribution in [2.45, 2.75) is 51.7 Å². The van der Waals surface area contributed by atoms with Crippen LogP contribution in [0.1, 0.15) is 38.5 Å². The average molecular weight is 253 g/mol. The summed E-state index contributed by atoms with van der Waals surface area (Å²) in [5, 5.41) is 3.67. The first-order valence-electron chi connectivity index (χ1n) is 6.47. The van der Waals surface area contributed by atoms with Gasteiger partial charge < -0.3 is 5.32 Å². The SMILES string of the molecule is CCCC1CN(Cc2cncs2)C(C)(C)CN1. The van der Waals surface area contributed by atoms with E-state index in [-0.39, 0.29) is 5.54 Å². The molecule has 0 aliphatic carbocycles. The van der Waals surface area contributed by atoms with Gasteiger partial charge >= 0.3 is 0 Å². The zero-order valence-corrected chi connectivity index (χ0v) is 11.9. The van der Waals surface area contributed by atoms with Gasteiger partial charge in [-0.15, -0.1) is 11.3 Å². The Kier molecular flexibility index (Phi) is 4.17. The largest absolute Gasteiger partial charge is 0.311 e. The van der Waals surface area contributed by atoms with Crippen molar-refractivity contribution in [3.63, 3.8) is 0 Å². The molecule has 1 aliphatic heterocycles. The number of nitrogens with one attached hydrogen (secondary N) is 1. The normalized spacial score (nSPS) is 25.0. The van der Waals surface area contributed by atoms with Gasteiger partial charge in [-0.3, -0.25) is 9.88 Å². The van der Waals surface area contributed by atoms with E-state index in [4.69, 9.17) is 0 Å². The van der Waals surface area contributed by atoms with Crippen molar-refractivity contribution in [3.05, 3.63) is 16.6 Å². The highest BCUT2D eigenvalue weighted by molar-refractivity contribution is 7.09. The van der Waals surface area contributed by atoms with Crippen LogP contribution in [0.5, 0.6) is 0 Å². The smallest absolute Gasteiger partial charge is 0.0794 e. The van der Waals surface area contributed by atoms with Gasteiger partial charge in [-0.05, 0) is 20.3 Å². The second-order valence-electron chi connectivity index (χ2n) is 5.53. The van der Waals surface area contributed by atoms with E-state index in [0.29, 0.717) is 6.04 Å². The summed E-state index contributed by atoms with van der Waals surface area (Å²) < 4.78 is 0. The van der Waals surface area contributed by atoms with Crippen LogP contribution in [0.25, 0.3) is 0 Å². The van der Waals surface area contributed by atoms with E-state index in [9.17, 15) is 0 Å². The monoisotopic (exact) mass is 253 g/mol. The first kappa shape index (κ1) is 13.0. The molecule has 2 rings (SSSR count). The molecule has 1 atom stereocenters. The maximum atomic E-state index is 4.17. The van der Waals surface area contributed by atoms with Gasteiger partial charge in [0.25, 0.3) is 0 Å². The third-order valence-electron chi connectivity index (χ3n) is 3.59. The van der Waals surface area contributed by atoms with E-state index >= 15 is 0 Å². The van der Waals surface area contributed by atoms with E-state index in [2.05, 4.69) is 36.0 Å². The molecule has 2 heterocycles. The van der Waals surface area contributed by atoms with Crippen LogP contribution in [-0.4, -0.2) is 34.6 Å². The molecule has 1 N–H and O–H groups in total. The number of hydrogen-bond donors (Lipinski definition) is 1. The van der Waals surface area contributed by atoms with Crippen LogP contribution in [-0.2, 0) is 6.54 Å². The van der Waals surface area contributed by atoms with E-state index in [1.807, 2.05) is 11.7 Å². The summed E-state index contributed by atoms with van der Waals surface area (Å²) in [7, 11) is 0. The molecule has 0 spiro atoms. The second-order valence-corrected chi connectivity index (χ2v) is 6.50.